The van der Waals surface area contributed by atoms with Crippen LogP contribution in [-0.2, 0) is 11.0 Å². The van der Waals surface area contributed by atoms with Crippen LogP contribution in [0.3, 0.4) is 0 Å². The number of halogens is 4. The summed E-state index contributed by atoms with van der Waals surface area (Å²) in [5.74, 6) is 0.172. The normalized spacial score (nSPS) is 21.8. The van der Waals surface area contributed by atoms with Crippen LogP contribution in [0.2, 0.25) is 5.02 Å². The summed E-state index contributed by atoms with van der Waals surface area (Å²) in [5.41, 5.74) is 1.82. The van der Waals surface area contributed by atoms with Crippen molar-refractivity contribution in [2.75, 3.05) is 31.1 Å². The lowest BCUT2D eigenvalue weighted by Gasteiger charge is -2.42. The molecule has 5 rings (SSSR count). The highest BCUT2D eigenvalue weighted by Crippen LogP contribution is 2.38. The maximum absolute atomic E-state index is 13.8. The fourth-order valence-corrected chi connectivity index (χ4v) is 5.60. The van der Waals surface area contributed by atoms with Crippen molar-refractivity contribution >= 4 is 34.2 Å². The molecule has 1 aromatic heterocycles. The number of hydrogen-bond acceptors (Lipinski definition) is 4. The molecule has 2 aromatic carbocycles. The summed E-state index contributed by atoms with van der Waals surface area (Å²) in [4.78, 5) is 21.5. The Balaban J connectivity index is 1.40. The van der Waals surface area contributed by atoms with Gasteiger partial charge in [-0.05, 0) is 69.1 Å². The van der Waals surface area contributed by atoms with Crippen molar-refractivity contribution in [2.24, 2.45) is 0 Å². The molecule has 6 nitrogen and oxygen atoms in total. The zero-order valence-electron chi connectivity index (χ0n) is 20.2. The van der Waals surface area contributed by atoms with Crippen molar-refractivity contribution in [3.05, 3.63) is 58.9 Å². The number of anilines is 1. The molecular weight excluding hydrogens is 491 g/mol. The third-order valence-corrected chi connectivity index (χ3v) is 7.62. The molecule has 1 amide bonds. The van der Waals surface area contributed by atoms with E-state index in [0.29, 0.717) is 25.2 Å². The molecule has 0 saturated carbocycles. The Kier molecular flexibility index (Phi) is 6.63. The maximum Gasteiger partial charge on any atom is 0.416 e. The average molecular weight is 520 g/mol. The minimum atomic E-state index is -4.52. The molecular formula is C26H29ClF3N5O. The first-order chi connectivity index (χ1) is 17.1. The summed E-state index contributed by atoms with van der Waals surface area (Å²) in [5, 5.41) is 3.34. The highest BCUT2D eigenvalue weighted by molar-refractivity contribution is 6.30. The fourth-order valence-electron chi connectivity index (χ4n) is 5.42. The number of carbonyl (C=O) groups is 1. The summed E-state index contributed by atoms with van der Waals surface area (Å²) >= 11 is 5.88. The average Bonchev–Trinajstić information content (AvgIpc) is 3.52. The van der Waals surface area contributed by atoms with E-state index in [9.17, 15) is 18.0 Å². The summed E-state index contributed by atoms with van der Waals surface area (Å²) < 4.78 is 43.0. The highest BCUT2D eigenvalue weighted by atomic mass is 35.5. The van der Waals surface area contributed by atoms with Gasteiger partial charge >= 0.3 is 6.18 Å². The largest absolute Gasteiger partial charge is 0.416 e. The van der Waals surface area contributed by atoms with Gasteiger partial charge in [0.1, 0.15) is 0 Å². The lowest BCUT2D eigenvalue weighted by atomic mass is 10.0. The van der Waals surface area contributed by atoms with E-state index in [-0.39, 0.29) is 28.6 Å². The molecule has 36 heavy (non-hydrogen) atoms. The van der Waals surface area contributed by atoms with Gasteiger partial charge in [0.15, 0.2) is 0 Å². The van der Waals surface area contributed by atoms with Crippen LogP contribution in [0.25, 0.3) is 11.0 Å². The molecule has 3 aromatic rings. The zero-order chi connectivity index (χ0) is 25.6. The molecule has 0 spiro atoms. The molecule has 0 aliphatic carbocycles. The number of amides is 1. The van der Waals surface area contributed by atoms with E-state index < -0.39 is 17.8 Å². The number of benzene rings is 2. The molecule has 2 fully saturated rings. The standard InChI is InChI=1S/C26H29ClF3N5O/c1-16-14-33(10-11-34(16)25(36)23-4-3-9-31-23)19-6-8-22-24(13-19)35(15-32-22)17(2)20-7-5-18(27)12-21(20)26(28,29)30/h5-8,12-13,15-17,23,31H,3-4,9-11,14H2,1-2H3/t16-,17-,23-/m1/s1. The van der Waals surface area contributed by atoms with E-state index in [0.717, 1.165) is 36.7 Å². The van der Waals surface area contributed by atoms with Gasteiger partial charge in [0.2, 0.25) is 5.91 Å². The quantitative estimate of drug-likeness (QED) is 0.520. The second-order valence-corrected chi connectivity index (χ2v) is 10.1. The van der Waals surface area contributed by atoms with E-state index in [4.69, 9.17) is 11.6 Å². The first-order valence-corrected chi connectivity index (χ1v) is 12.6. The van der Waals surface area contributed by atoms with E-state index in [2.05, 4.69) is 22.1 Å². The van der Waals surface area contributed by atoms with Crippen LogP contribution in [0, 0.1) is 0 Å². The number of piperazine rings is 1. The third kappa shape index (κ3) is 4.66. The van der Waals surface area contributed by atoms with Crippen molar-refractivity contribution in [3.63, 3.8) is 0 Å². The van der Waals surface area contributed by atoms with Crippen LogP contribution in [0.5, 0.6) is 0 Å². The summed E-state index contributed by atoms with van der Waals surface area (Å²) in [7, 11) is 0. The monoisotopic (exact) mass is 519 g/mol. The maximum atomic E-state index is 13.8. The molecule has 1 N–H and O–H groups in total. The van der Waals surface area contributed by atoms with Crippen LogP contribution in [0.4, 0.5) is 18.9 Å². The SMILES string of the molecule is C[C@@H]1CN(c2ccc3ncn([C@H](C)c4ccc(Cl)cc4C(F)(F)F)c3c2)CCN1C(=O)[C@H]1CCCN1. The van der Waals surface area contributed by atoms with Crippen LogP contribution in [-0.4, -0.2) is 58.6 Å². The molecule has 2 aliphatic heterocycles. The predicted octanol–water partition coefficient (Wildman–Crippen LogP) is 5.11. The molecule has 2 aliphatic rings. The van der Waals surface area contributed by atoms with Gasteiger partial charge in [-0.3, -0.25) is 4.79 Å². The number of nitrogens with one attached hydrogen (secondary N) is 1. The van der Waals surface area contributed by atoms with Gasteiger partial charge < -0.3 is 19.7 Å². The zero-order valence-corrected chi connectivity index (χ0v) is 21.0. The van der Waals surface area contributed by atoms with Gasteiger partial charge in [-0.25, -0.2) is 4.98 Å². The van der Waals surface area contributed by atoms with Gasteiger partial charge in [-0.15, -0.1) is 0 Å². The minimum absolute atomic E-state index is 0.0477. The molecule has 0 bridgehead atoms. The second kappa shape index (κ2) is 9.59. The number of alkyl halides is 3. The van der Waals surface area contributed by atoms with Crippen LogP contribution in [0.1, 0.15) is 43.9 Å². The lowest BCUT2D eigenvalue weighted by molar-refractivity contribution is -0.138. The second-order valence-electron chi connectivity index (χ2n) is 9.71. The van der Waals surface area contributed by atoms with Gasteiger partial charge in [0.25, 0.3) is 0 Å². The van der Waals surface area contributed by atoms with Crippen LogP contribution in [0.15, 0.2) is 42.7 Å². The van der Waals surface area contributed by atoms with Crippen molar-refractivity contribution in [3.8, 4) is 0 Å². The molecule has 0 unspecified atom stereocenters. The smallest absolute Gasteiger partial charge is 0.368 e. The molecule has 3 heterocycles. The number of fused-ring (bicyclic) bond motifs is 1. The Labute approximate surface area is 213 Å². The lowest BCUT2D eigenvalue weighted by Crippen LogP contribution is -2.57. The fraction of sp³-hybridized carbons (Fsp3) is 0.462. The van der Waals surface area contributed by atoms with Crippen molar-refractivity contribution < 1.29 is 18.0 Å². The molecule has 3 atom stereocenters. The Morgan fingerprint density at radius 3 is 2.69 bits per heavy atom. The molecule has 10 heteroatoms. The summed E-state index contributed by atoms with van der Waals surface area (Å²) in [6.07, 6.45) is -1.02. The van der Waals surface area contributed by atoms with Gasteiger partial charge in [0.05, 0.1) is 35.0 Å². The first-order valence-electron chi connectivity index (χ1n) is 12.3. The van der Waals surface area contributed by atoms with Crippen molar-refractivity contribution in [1.82, 2.24) is 19.8 Å². The topological polar surface area (TPSA) is 53.4 Å². The number of carbonyl (C=O) groups excluding carboxylic acids is 1. The highest BCUT2D eigenvalue weighted by Gasteiger charge is 2.36. The number of imidazole rings is 1. The minimum Gasteiger partial charge on any atom is -0.368 e. The Morgan fingerprint density at radius 2 is 2.00 bits per heavy atom. The van der Waals surface area contributed by atoms with Crippen LogP contribution >= 0.6 is 11.6 Å². The van der Waals surface area contributed by atoms with E-state index in [1.54, 1.807) is 17.8 Å². The first kappa shape index (κ1) is 24.9. The molecule has 192 valence electrons. The number of aromatic nitrogens is 2. The Bertz CT molecular complexity index is 1270. The summed E-state index contributed by atoms with van der Waals surface area (Å²) in [6, 6.07) is 9.11. The van der Waals surface area contributed by atoms with E-state index in [1.807, 2.05) is 23.1 Å². The van der Waals surface area contributed by atoms with Gasteiger partial charge in [-0.1, -0.05) is 17.7 Å². The molecule has 2 saturated heterocycles. The van der Waals surface area contributed by atoms with E-state index >= 15 is 0 Å². The van der Waals surface area contributed by atoms with Gasteiger partial charge in [0, 0.05) is 36.4 Å². The van der Waals surface area contributed by atoms with Crippen LogP contribution < -0.4 is 10.2 Å². The van der Waals surface area contributed by atoms with Crippen molar-refractivity contribution in [2.45, 2.75) is 51.0 Å². The Hall–Kier alpha value is -2.78. The third-order valence-electron chi connectivity index (χ3n) is 7.38. The predicted molar refractivity (Wildman–Crippen MR) is 134 cm³/mol. The van der Waals surface area contributed by atoms with E-state index in [1.165, 1.54) is 12.1 Å². The number of rotatable bonds is 4. The summed E-state index contributed by atoms with van der Waals surface area (Å²) in [6.45, 7) is 6.68. The van der Waals surface area contributed by atoms with Gasteiger partial charge in [-0.2, -0.15) is 13.2 Å². The number of hydrogen-bond donors (Lipinski definition) is 1. The van der Waals surface area contributed by atoms with Crippen molar-refractivity contribution in [1.29, 1.82) is 0 Å². The molecule has 0 radical (unpaired) electrons. The Morgan fingerprint density at radius 1 is 1.19 bits per heavy atom. The number of nitrogens with zero attached hydrogens (tertiary/aromatic N) is 4.